The van der Waals surface area contributed by atoms with Crippen molar-refractivity contribution in [2.75, 3.05) is 10.0 Å². The minimum Gasteiger partial charge on any atom is -0.322 e. The molecule has 0 unspecified atom stereocenters. The highest BCUT2D eigenvalue weighted by Gasteiger charge is 2.15. The smallest absolute Gasteiger partial charge is 0.261 e. The Labute approximate surface area is 169 Å². The van der Waals surface area contributed by atoms with Crippen molar-refractivity contribution in [1.82, 2.24) is 0 Å². The Morgan fingerprint density at radius 2 is 1.50 bits per heavy atom. The number of hydrogen-bond acceptors (Lipinski definition) is 3. The quantitative estimate of drug-likeness (QED) is 0.616. The Morgan fingerprint density at radius 3 is 2.14 bits per heavy atom. The molecule has 0 fully saturated rings. The highest BCUT2D eigenvalue weighted by molar-refractivity contribution is 7.92. The molecule has 0 bridgehead atoms. The van der Waals surface area contributed by atoms with Gasteiger partial charge in [-0.1, -0.05) is 35.9 Å². The van der Waals surface area contributed by atoms with Gasteiger partial charge < -0.3 is 5.32 Å². The summed E-state index contributed by atoms with van der Waals surface area (Å²) >= 11 is 6.04. The largest absolute Gasteiger partial charge is 0.322 e. The topological polar surface area (TPSA) is 75.3 Å². The summed E-state index contributed by atoms with van der Waals surface area (Å²) < 4.78 is 27.6. The van der Waals surface area contributed by atoms with Gasteiger partial charge in [0.05, 0.1) is 10.6 Å². The van der Waals surface area contributed by atoms with E-state index in [0.29, 0.717) is 22.0 Å². The molecule has 0 aliphatic carbocycles. The van der Waals surface area contributed by atoms with Gasteiger partial charge in [0.1, 0.15) is 0 Å². The van der Waals surface area contributed by atoms with Gasteiger partial charge in [-0.25, -0.2) is 8.42 Å². The minimum absolute atomic E-state index is 0.0816. The second kappa shape index (κ2) is 8.04. The van der Waals surface area contributed by atoms with Crippen LogP contribution in [0.3, 0.4) is 0 Å². The summed E-state index contributed by atoms with van der Waals surface area (Å²) in [5, 5.41) is 3.25. The molecule has 2 N–H and O–H groups in total. The average molecular weight is 415 g/mol. The third-order valence-electron chi connectivity index (χ3n) is 4.24. The molecule has 0 aromatic heterocycles. The Hall–Kier alpha value is -2.83. The van der Waals surface area contributed by atoms with Gasteiger partial charge in [0, 0.05) is 16.3 Å². The molecule has 0 aliphatic rings. The second-order valence-corrected chi connectivity index (χ2v) is 8.45. The van der Waals surface area contributed by atoms with E-state index in [-0.39, 0.29) is 10.8 Å². The Bertz CT molecular complexity index is 1130. The monoisotopic (exact) mass is 414 g/mol. The van der Waals surface area contributed by atoms with Crippen LogP contribution < -0.4 is 10.0 Å². The van der Waals surface area contributed by atoms with Crippen molar-refractivity contribution in [3.8, 4) is 0 Å². The fourth-order valence-electron chi connectivity index (χ4n) is 2.61. The SMILES string of the molecule is Cc1ccc(NS(=O)(=O)c2ccc(NC(=O)c3ccccc3C)cc2)cc1Cl. The van der Waals surface area contributed by atoms with Crippen LogP contribution in [0.4, 0.5) is 11.4 Å². The molecule has 0 atom stereocenters. The summed E-state index contributed by atoms with van der Waals surface area (Å²) in [6.07, 6.45) is 0. The van der Waals surface area contributed by atoms with Crippen LogP contribution >= 0.6 is 11.6 Å². The maximum atomic E-state index is 12.6. The number of nitrogens with one attached hydrogen (secondary N) is 2. The lowest BCUT2D eigenvalue weighted by Crippen LogP contribution is -2.14. The van der Waals surface area contributed by atoms with Crippen LogP contribution in [0.5, 0.6) is 0 Å². The third-order valence-corrected chi connectivity index (χ3v) is 6.04. The molecule has 0 heterocycles. The van der Waals surface area contributed by atoms with Crippen LogP contribution in [-0.4, -0.2) is 14.3 Å². The van der Waals surface area contributed by atoms with Crippen molar-refractivity contribution < 1.29 is 13.2 Å². The molecule has 28 heavy (non-hydrogen) atoms. The third kappa shape index (κ3) is 4.52. The lowest BCUT2D eigenvalue weighted by Gasteiger charge is -2.11. The Balaban J connectivity index is 1.75. The van der Waals surface area contributed by atoms with Gasteiger partial charge in [0.2, 0.25) is 0 Å². The molecule has 0 spiro atoms. The molecule has 7 heteroatoms. The zero-order chi connectivity index (χ0) is 20.3. The second-order valence-electron chi connectivity index (χ2n) is 6.36. The van der Waals surface area contributed by atoms with E-state index in [1.54, 1.807) is 42.5 Å². The van der Waals surface area contributed by atoms with Gasteiger partial charge >= 0.3 is 0 Å². The fraction of sp³-hybridized carbons (Fsp3) is 0.0952. The Kier molecular flexibility index (Phi) is 5.72. The van der Waals surface area contributed by atoms with E-state index < -0.39 is 10.0 Å². The summed E-state index contributed by atoms with van der Waals surface area (Å²) in [7, 11) is -3.77. The molecule has 0 aliphatic heterocycles. The number of carbonyl (C=O) groups excluding carboxylic acids is 1. The molecule has 3 aromatic carbocycles. The average Bonchev–Trinajstić information content (AvgIpc) is 2.65. The summed E-state index contributed by atoms with van der Waals surface area (Å²) in [4.78, 5) is 12.4. The van der Waals surface area contributed by atoms with E-state index in [1.807, 2.05) is 26.0 Å². The van der Waals surface area contributed by atoms with Crippen molar-refractivity contribution in [2.45, 2.75) is 18.7 Å². The molecule has 144 valence electrons. The van der Waals surface area contributed by atoms with Gasteiger partial charge in [-0.3, -0.25) is 9.52 Å². The number of rotatable bonds is 5. The first-order valence-corrected chi connectivity index (χ1v) is 10.4. The summed E-state index contributed by atoms with van der Waals surface area (Å²) in [5.74, 6) is -0.249. The minimum atomic E-state index is -3.77. The first-order valence-electron chi connectivity index (χ1n) is 8.52. The molecular weight excluding hydrogens is 396 g/mol. The van der Waals surface area contributed by atoms with Crippen LogP contribution in [0.25, 0.3) is 0 Å². The van der Waals surface area contributed by atoms with E-state index in [4.69, 9.17) is 11.6 Å². The molecule has 3 aromatic rings. The number of sulfonamides is 1. The standard InChI is InChI=1S/C21H19ClN2O3S/c1-14-5-3-4-6-19(14)21(25)23-16-9-11-18(12-10-16)28(26,27)24-17-8-7-15(2)20(22)13-17/h3-13,24H,1-2H3,(H,23,25). The van der Waals surface area contributed by atoms with E-state index in [1.165, 1.54) is 12.1 Å². The number of halogens is 1. The Morgan fingerprint density at radius 1 is 0.857 bits per heavy atom. The van der Waals surface area contributed by atoms with E-state index in [2.05, 4.69) is 10.0 Å². The predicted molar refractivity (Wildman–Crippen MR) is 113 cm³/mol. The maximum absolute atomic E-state index is 12.6. The van der Waals surface area contributed by atoms with Crippen LogP contribution in [0.1, 0.15) is 21.5 Å². The van der Waals surface area contributed by atoms with Crippen LogP contribution in [0, 0.1) is 13.8 Å². The fourth-order valence-corrected chi connectivity index (χ4v) is 3.84. The first kappa shape index (κ1) is 19.9. The highest BCUT2D eigenvalue weighted by Crippen LogP contribution is 2.23. The zero-order valence-corrected chi connectivity index (χ0v) is 16.9. The summed E-state index contributed by atoms with van der Waals surface area (Å²) in [5.41, 5.74) is 3.17. The molecule has 1 amide bonds. The van der Waals surface area contributed by atoms with Crippen molar-refractivity contribution in [3.05, 3.63) is 88.4 Å². The van der Waals surface area contributed by atoms with Crippen molar-refractivity contribution in [1.29, 1.82) is 0 Å². The van der Waals surface area contributed by atoms with E-state index in [0.717, 1.165) is 11.1 Å². The van der Waals surface area contributed by atoms with Gasteiger partial charge in [-0.15, -0.1) is 0 Å². The zero-order valence-electron chi connectivity index (χ0n) is 15.4. The predicted octanol–water partition coefficient (Wildman–Crippen LogP) is 5.01. The molecule has 3 rings (SSSR count). The van der Waals surface area contributed by atoms with Crippen LogP contribution in [0.2, 0.25) is 5.02 Å². The first-order chi connectivity index (χ1) is 13.3. The van der Waals surface area contributed by atoms with Crippen molar-refractivity contribution in [3.63, 3.8) is 0 Å². The number of carbonyl (C=O) groups is 1. The highest BCUT2D eigenvalue weighted by atomic mass is 35.5. The van der Waals surface area contributed by atoms with Crippen LogP contribution in [-0.2, 0) is 10.0 Å². The normalized spacial score (nSPS) is 11.1. The molecular formula is C21H19ClN2O3S. The van der Waals surface area contributed by atoms with Gasteiger partial charge in [-0.2, -0.15) is 0 Å². The van der Waals surface area contributed by atoms with E-state index in [9.17, 15) is 13.2 Å². The van der Waals surface area contributed by atoms with Crippen LogP contribution in [0.15, 0.2) is 71.6 Å². The molecule has 5 nitrogen and oxygen atoms in total. The molecule has 0 radical (unpaired) electrons. The number of anilines is 2. The maximum Gasteiger partial charge on any atom is 0.261 e. The van der Waals surface area contributed by atoms with Gasteiger partial charge in [0.25, 0.3) is 15.9 Å². The van der Waals surface area contributed by atoms with E-state index >= 15 is 0 Å². The summed E-state index contributed by atoms with van der Waals surface area (Å²) in [6.45, 7) is 3.69. The lowest BCUT2D eigenvalue weighted by atomic mass is 10.1. The van der Waals surface area contributed by atoms with Gasteiger partial charge in [-0.05, 0) is 67.4 Å². The number of hydrogen-bond donors (Lipinski definition) is 2. The molecule has 0 saturated carbocycles. The van der Waals surface area contributed by atoms with Crippen molar-refractivity contribution >= 4 is 38.9 Å². The summed E-state index contributed by atoms with van der Waals surface area (Å²) in [6, 6.07) is 18.2. The lowest BCUT2D eigenvalue weighted by molar-refractivity contribution is 0.102. The van der Waals surface area contributed by atoms with Crippen molar-refractivity contribution in [2.24, 2.45) is 0 Å². The molecule has 0 saturated heterocycles. The number of amides is 1. The van der Waals surface area contributed by atoms with Gasteiger partial charge in [0.15, 0.2) is 0 Å². The number of aryl methyl sites for hydroxylation is 2. The number of benzene rings is 3.